The average Bonchev–Trinajstić information content (AvgIpc) is 2.55. The van der Waals surface area contributed by atoms with E-state index in [2.05, 4.69) is 12.2 Å². The van der Waals surface area contributed by atoms with Crippen molar-refractivity contribution in [1.82, 2.24) is 0 Å². The number of carbonyl (C=O) groups is 1. The Morgan fingerprint density at radius 1 is 1.22 bits per heavy atom. The van der Waals surface area contributed by atoms with Crippen molar-refractivity contribution in [2.75, 3.05) is 18.2 Å². The molecular formula is C18H20ClNO2S. The van der Waals surface area contributed by atoms with Crippen LogP contribution in [0.3, 0.4) is 0 Å². The van der Waals surface area contributed by atoms with E-state index in [0.29, 0.717) is 16.5 Å². The van der Waals surface area contributed by atoms with Gasteiger partial charge in [-0.3, -0.25) is 4.79 Å². The van der Waals surface area contributed by atoms with Gasteiger partial charge in [-0.25, -0.2) is 0 Å². The fourth-order valence-electron chi connectivity index (χ4n) is 2.25. The van der Waals surface area contributed by atoms with Gasteiger partial charge < -0.3 is 10.1 Å². The normalized spacial score (nSPS) is 10.4. The van der Waals surface area contributed by atoms with Crippen molar-refractivity contribution in [2.24, 2.45) is 0 Å². The molecule has 2 aromatic carbocycles. The maximum absolute atomic E-state index is 12.1. The number of thioether (sulfide) groups is 1. The Morgan fingerprint density at radius 2 is 2.00 bits per heavy atom. The van der Waals surface area contributed by atoms with Crippen molar-refractivity contribution >= 4 is 35.0 Å². The lowest BCUT2D eigenvalue weighted by molar-refractivity contribution is -0.113. The molecule has 2 aromatic rings. The molecule has 0 radical (unpaired) electrons. The molecule has 23 heavy (non-hydrogen) atoms. The van der Waals surface area contributed by atoms with Crippen molar-refractivity contribution in [3.8, 4) is 5.75 Å². The third-order valence-electron chi connectivity index (χ3n) is 3.41. The van der Waals surface area contributed by atoms with Crippen LogP contribution in [0.25, 0.3) is 0 Å². The highest BCUT2D eigenvalue weighted by atomic mass is 35.5. The maximum atomic E-state index is 12.1. The van der Waals surface area contributed by atoms with Crippen LogP contribution in [0.15, 0.2) is 42.5 Å². The van der Waals surface area contributed by atoms with Crippen LogP contribution >= 0.6 is 23.4 Å². The number of hydrogen-bond donors (Lipinski definition) is 1. The van der Waals surface area contributed by atoms with Crippen LogP contribution < -0.4 is 10.1 Å². The summed E-state index contributed by atoms with van der Waals surface area (Å²) >= 11 is 7.55. The second-order valence-corrected chi connectivity index (χ2v) is 6.43. The van der Waals surface area contributed by atoms with Gasteiger partial charge in [-0.05, 0) is 36.2 Å². The number of benzene rings is 2. The summed E-state index contributed by atoms with van der Waals surface area (Å²) in [5.41, 5.74) is 3.02. The summed E-state index contributed by atoms with van der Waals surface area (Å²) in [5.74, 6) is 1.84. The highest BCUT2D eigenvalue weighted by Crippen LogP contribution is 2.26. The molecule has 0 aromatic heterocycles. The van der Waals surface area contributed by atoms with Gasteiger partial charge in [-0.15, -0.1) is 11.8 Å². The molecule has 1 amide bonds. The molecule has 2 rings (SSSR count). The fourth-order valence-corrected chi connectivity index (χ4v) is 3.25. The predicted molar refractivity (Wildman–Crippen MR) is 98.6 cm³/mol. The van der Waals surface area contributed by atoms with Crippen LogP contribution in [0.4, 0.5) is 5.69 Å². The van der Waals surface area contributed by atoms with Crippen molar-refractivity contribution < 1.29 is 9.53 Å². The van der Waals surface area contributed by atoms with E-state index in [4.69, 9.17) is 16.3 Å². The number of para-hydroxylation sites is 1. The lowest BCUT2D eigenvalue weighted by atomic mass is 10.1. The lowest BCUT2D eigenvalue weighted by Gasteiger charge is -2.11. The lowest BCUT2D eigenvalue weighted by Crippen LogP contribution is -2.15. The highest BCUT2D eigenvalue weighted by Gasteiger charge is 2.08. The molecule has 0 atom stereocenters. The van der Waals surface area contributed by atoms with Crippen LogP contribution in [0.2, 0.25) is 5.02 Å². The van der Waals surface area contributed by atoms with Crippen molar-refractivity contribution in [1.29, 1.82) is 0 Å². The number of aryl methyl sites for hydroxylation is 1. The molecule has 0 aliphatic rings. The summed E-state index contributed by atoms with van der Waals surface area (Å²) in [6.07, 6.45) is 0.892. The van der Waals surface area contributed by atoms with Crippen molar-refractivity contribution in [2.45, 2.75) is 19.1 Å². The Labute approximate surface area is 146 Å². The first-order chi connectivity index (χ1) is 11.1. The molecule has 1 N–H and O–H groups in total. The second kappa shape index (κ2) is 8.85. The highest BCUT2D eigenvalue weighted by molar-refractivity contribution is 7.99. The molecule has 0 saturated carbocycles. The minimum atomic E-state index is -0.00288. The fraction of sp³-hybridized carbons (Fsp3) is 0.278. The van der Waals surface area contributed by atoms with Crippen LogP contribution in [0.5, 0.6) is 5.75 Å². The summed E-state index contributed by atoms with van der Waals surface area (Å²) in [5, 5.41) is 3.64. The number of ether oxygens (including phenoxy) is 1. The molecule has 0 heterocycles. The van der Waals surface area contributed by atoms with Gasteiger partial charge in [0.25, 0.3) is 0 Å². The van der Waals surface area contributed by atoms with Crippen molar-refractivity contribution in [3.05, 3.63) is 58.6 Å². The van der Waals surface area contributed by atoms with Gasteiger partial charge in [0.2, 0.25) is 5.91 Å². The molecule has 0 saturated heterocycles. The molecule has 0 aliphatic heterocycles. The molecule has 0 spiro atoms. The van der Waals surface area contributed by atoms with Crippen LogP contribution in [-0.4, -0.2) is 18.8 Å². The number of rotatable bonds is 7. The van der Waals surface area contributed by atoms with Gasteiger partial charge in [-0.1, -0.05) is 36.7 Å². The van der Waals surface area contributed by atoms with E-state index in [-0.39, 0.29) is 5.91 Å². The van der Waals surface area contributed by atoms with Crippen LogP contribution in [-0.2, 0) is 17.0 Å². The molecule has 0 bridgehead atoms. The minimum Gasteiger partial charge on any atom is -0.496 e. The summed E-state index contributed by atoms with van der Waals surface area (Å²) in [6.45, 7) is 2.07. The second-order valence-electron chi connectivity index (χ2n) is 5.01. The Morgan fingerprint density at radius 3 is 2.74 bits per heavy atom. The zero-order valence-electron chi connectivity index (χ0n) is 13.3. The average molecular weight is 350 g/mol. The number of nitrogens with one attached hydrogen (secondary N) is 1. The summed E-state index contributed by atoms with van der Waals surface area (Å²) in [7, 11) is 1.63. The van der Waals surface area contributed by atoms with E-state index in [9.17, 15) is 4.79 Å². The summed E-state index contributed by atoms with van der Waals surface area (Å²) in [6, 6.07) is 13.4. The SMILES string of the molecule is CCc1ccccc1NC(=O)CSCc1cc(Cl)ccc1OC. The van der Waals surface area contributed by atoms with Gasteiger partial charge in [-0.2, -0.15) is 0 Å². The monoisotopic (exact) mass is 349 g/mol. The standard InChI is InChI=1S/C18H20ClNO2S/c1-3-13-6-4-5-7-16(13)20-18(21)12-23-11-14-10-15(19)8-9-17(14)22-2/h4-10H,3,11-12H2,1-2H3,(H,20,21). The Kier molecular flexibility index (Phi) is 6.81. The topological polar surface area (TPSA) is 38.3 Å². The smallest absolute Gasteiger partial charge is 0.234 e. The zero-order chi connectivity index (χ0) is 16.7. The van der Waals surface area contributed by atoms with E-state index in [0.717, 1.165) is 29.0 Å². The van der Waals surface area contributed by atoms with Gasteiger partial charge in [0.05, 0.1) is 12.9 Å². The van der Waals surface area contributed by atoms with E-state index < -0.39 is 0 Å². The zero-order valence-corrected chi connectivity index (χ0v) is 14.8. The largest absolute Gasteiger partial charge is 0.496 e. The molecular weight excluding hydrogens is 330 g/mol. The Bertz CT molecular complexity index is 676. The first-order valence-corrected chi connectivity index (χ1v) is 8.95. The molecule has 0 fully saturated rings. The van der Waals surface area contributed by atoms with E-state index in [1.165, 1.54) is 11.8 Å². The maximum Gasteiger partial charge on any atom is 0.234 e. The number of amides is 1. The van der Waals surface area contributed by atoms with E-state index >= 15 is 0 Å². The third kappa shape index (κ3) is 5.19. The number of halogens is 1. The summed E-state index contributed by atoms with van der Waals surface area (Å²) in [4.78, 5) is 12.1. The Balaban J connectivity index is 1.89. The first kappa shape index (κ1) is 17.7. The van der Waals surface area contributed by atoms with E-state index in [1.807, 2.05) is 36.4 Å². The van der Waals surface area contributed by atoms with Gasteiger partial charge >= 0.3 is 0 Å². The summed E-state index contributed by atoms with van der Waals surface area (Å²) < 4.78 is 5.31. The minimum absolute atomic E-state index is 0.00288. The van der Waals surface area contributed by atoms with Crippen LogP contribution in [0, 0.1) is 0 Å². The third-order valence-corrected chi connectivity index (χ3v) is 4.62. The van der Waals surface area contributed by atoms with Gasteiger partial charge in [0.15, 0.2) is 0 Å². The molecule has 5 heteroatoms. The molecule has 0 unspecified atom stereocenters. The molecule has 122 valence electrons. The number of carbonyl (C=O) groups excluding carboxylic acids is 1. The van der Waals surface area contributed by atoms with Gasteiger partial charge in [0.1, 0.15) is 5.75 Å². The first-order valence-electron chi connectivity index (χ1n) is 7.42. The quantitative estimate of drug-likeness (QED) is 0.781. The number of hydrogen-bond acceptors (Lipinski definition) is 3. The Hall–Kier alpha value is -1.65. The van der Waals surface area contributed by atoms with E-state index in [1.54, 1.807) is 13.2 Å². The van der Waals surface area contributed by atoms with Crippen LogP contribution in [0.1, 0.15) is 18.1 Å². The predicted octanol–water partition coefficient (Wildman–Crippen LogP) is 4.78. The molecule has 0 aliphatic carbocycles. The number of methoxy groups -OCH3 is 1. The van der Waals surface area contributed by atoms with Crippen molar-refractivity contribution in [3.63, 3.8) is 0 Å². The molecule has 3 nitrogen and oxygen atoms in total. The van der Waals surface area contributed by atoms with Gasteiger partial charge in [0, 0.05) is 22.0 Å². The number of anilines is 1.